The van der Waals surface area contributed by atoms with Gasteiger partial charge in [-0.1, -0.05) is 44.5 Å². The molecule has 0 unspecified atom stereocenters. The van der Waals surface area contributed by atoms with Crippen molar-refractivity contribution >= 4 is 17.4 Å². The van der Waals surface area contributed by atoms with Crippen LogP contribution in [0.3, 0.4) is 0 Å². The van der Waals surface area contributed by atoms with Gasteiger partial charge in [0.25, 0.3) is 0 Å². The van der Waals surface area contributed by atoms with Crippen molar-refractivity contribution in [1.29, 1.82) is 0 Å². The van der Waals surface area contributed by atoms with Gasteiger partial charge in [0, 0.05) is 0 Å². The minimum Gasteiger partial charge on any atom is -0.437 e. The number of nitrogens with two attached hydrogens (primary N) is 1. The molecule has 100 valence electrons. The Hall–Kier alpha value is -1.81. The number of hydrogen-bond donors (Lipinski definition) is 1. The summed E-state index contributed by atoms with van der Waals surface area (Å²) in [5.41, 5.74) is 6.93. The molecule has 4 nitrogen and oxygen atoms in total. The Morgan fingerprint density at radius 3 is 2.32 bits per heavy atom. The Balaban J connectivity index is 2.23. The Morgan fingerprint density at radius 2 is 1.74 bits per heavy atom. The maximum absolute atomic E-state index is 5.97. The molecule has 0 aliphatic rings. The summed E-state index contributed by atoms with van der Waals surface area (Å²) >= 11 is 5.97. The van der Waals surface area contributed by atoms with Gasteiger partial charge < -0.3 is 10.5 Å². The van der Waals surface area contributed by atoms with E-state index in [-0.39, 0.29) is 22.1 Å². The van der Waals surface area contributed by atoms with Gasteiger partial charge in [-0.05, 0) is 23.1 Å². The fourth-order valence-corrected chi connectivity index (χ4v) is 1.71. The number of aromatic nitrogens is 2. The monoisotopic (exact) mass is 277 g/mol. The quantitative estimate of drug-likeness (QED) is 0.907. The molecular weight excluding hydrogens is 262 g/mol. The van der Waals surface area contributed by atoms with Crippen molar-refractivity contribution in [2.24, 2.45) is 0 Å². The Labute approximate surface area is 117 Å². The Bertz CT molecular complexity index is 576. The van der Waals surface area contributed by atoms with Crippen molar-refractivity contribution in [2.75, 3.05) is 5.73 Å². The van der Waals surface area contributed by atoms with Crippen molar-refractivity contribution in [2.45, 2.75) is 26.2 Å². The van der Waals surface area contributed by atoms with Gasteiger partial charge in [0.15, 0.2) is 0 Å². The van der Waals surface area contributed by atoms with Crippen LogP contribution in [-0.2, 0) is 5.41 Å². The standard InChI is InChI=1S/C14H16ClN3O/c1-14(2,3)9-4-6-10(7-5-9)19-13-11(15)12(16)17-8-18-13/h4-8H,1-3H3,(H2,16,17,18). The van der Waals surface area contributed by atoms with E-state index in [0.29, 0.717) is 5.75 Å². The number of rotatable bonds is 2. The summed E-state index contributed by atoms with van der Waals surface area (Å²) in [6.45, 7) is 6.47. The summed E-state index contributed by atoms with van der Waals surface area (Å²) in [5, 5.41) is 0.224. The third-order valence-corrected chi connectivity index (χ3v) is 3.07. The highest BCUT2D eigenvalue weighted by atomic mass is 35.5. The molecule has 2 N–H and O–H groups in total. The minimum absolute atomic E-state index is 0.107. The maximum Gasteiger partial charge on any atom is 0.243 e. The zero-order valence-electron chi connectivity index (χ0n) is 11.1. The molecule has 0 saturated carbocycles. The van der Waals surface area contributed by atoms with E-state index in [1.54, 1.807) is 0 Å². The van der Waals surface area contributed by atoms with Gasteiger partial charge in [0.1, 0.15) is 22.9 Å². The lowest BCUT2D eigenvalue weighted by atomic mass is 9.87. The van der Waals surface area contributed by atoms with Crippen LogP contribution in [0.5, 0.6) is 11.6 Å². The lowest BCUT2D eigenvalue weighted by Gasteiger charge is -2.19. The lowest BCUT2D eigenvalue weighted by molar-refractivity contribution is 0.461. The maximum atomic E-state index is 5.97. The number of ether oxygens (including phenoxy) is 1. The van der Waals surface area contributed by atoms with E-state index in [0.717, 1.165) is 0 Å². The van der Waals surface area contributed by atoms with E-state index in [2.05, 4.69) is 30.7 Å². The molecule has 0 aliphatic carbocycles. The first kappa shape index (κ1) is 13.6. The third-order valence-electron chi connectivity index (χ3n) is 2.72. The van der Waals surface area contributed by atoms with Crippen LogP contribution < -0.4 is 10.5 Å². The first-order chi connectivity index (χ1) is 8.88. The normalized spacial score (nSPS) is 11.4. The van der Waals surface area contributed by atoms with Crippen molar-refractivity contribution in [3.05, 3.63) is 41.2 Å². The Kier molecular flexibility index (Phi) is 3.62. The molecule has 0 fully saturated rings. The largest absolute Gasteiger partial charge is 0.437 e. The van der Waals surface area contributed by atoms with Crippen molar-refractivity contribution in [3.8, 4) is 11.6 Å². The molecule has 2 aromatic rings. The number of halogens is 1. The molecule has 0 atom stereocenters. The summed E-state index contributed by atoms with van der Waals surface area (Å²) in [5.74, 6) is 1.13. The van der Waals surface area contributed by atoms with Crippen LogP contribution >= 0.6 is 11.6 Å². The summed E-state index contributed by atoms with van der Waals surface area (Å²) in [7, 11) is 0. The fraction of sp³-hybridized carbons (Fsp3) is 0.286. The molecule has 0 saturated heterocycles. The number of hydrogen-bond acceptors (Lipinski definition) is 4. The second-order valence-electron chi connectivity index (χ2n) is 5.25. The molecule has 5 heteroatoms. The van der Waals surface area contributed by atoms with Crippen LogP contribution in [0, 0.1) is 0 Å². The van der Waals surface area contributed by atoms with Gasteiger partial charge in [-0.15, -0.1) is 0 Å². The SMILES string of the molecule is CC(C)(C)c1ccc(Oc2ncnc(N)c2Cl)cc1. The molecule has 1 aromatic carbocycles. The number of nitrogen functional groups attached to an aromatic ring is 1. The van der Waals surface area contributed by atoms with Crippen LogP contribution in [0.4, 0.5) is 5.82 Å². The summed E-state index contributed by atoms with van der Waals surface area (Å²) in [6.07, 6.45) is 1.32. The van der Waals surface area contributed by atoms with Crippen LogP contribution in [0.15, 0.2) is 30.6 Å². The highest BCUT2D eigenvalue weighted by molar-refractivity contribution is 6.34. The molecule has 1 heterocycles. The predicted molar refractivity (Wildman–Crippen MR) is 76.7 cm³/mol. The first-order valence-corrected chi connectivity index (χ1v) is 6.30. The third kappa shape index (κ3) is 3.15. The summed E-state index contributed by atoms with van der Waals surface area (Å²) < 4.78 is 5.59. The van der Waals surface area contributed by atoms with Crippen LogP contribution in [0.25, 0.3) is 0 Å². The van der Waals surface area contributed by atoms with Gasteiger partial charge in [-0.2, -0.15) is 4.98 Å². The molecule has 0 aliphatic heterocycles. The second-order valence-corrected chi connectivity index (χ2v) is 5.63. The molecule has 0 radical (unpaired) electrons. The molecule has 0 bridgehead atoms. The van der Waals surface area contributed by atoms with E-state index in [9.17, 15) is 0 Å². The Morgan fingerprint density at radius 1 is 1.11 bits per heavy atom. The topological polar surface area (TPSA) is 61.0 Å². The summed E-state index contributed by atoms with van der Waals surface area (Å²) in [4.78, 5) is 7.74. The molecule has 1 aromatic heterocycles. The zero-order valence-corrected chi connectivity index (χ0v) is 11.9. The molecule has 0 spiro atoms. The predicted octanol–water partition coefficient (Wildman–Crippen LogP) is 3.80. The highest BCUT2D eigenvalue weighted by Crippen LogP contribution is 2.31. The van der Waals surface area contributed by atoms with Gasteiger partial charge in [0.05, 0.1) is 0 Å². The number of nitrogens with zero attached hydrogens (tertiary/aromatic N) is 2. The summed E-state index contributed by atoms with van der Waals surface area (Å²) in [6, 6.07) is 7.81. The molecule has 19 heavy (non-hydrogen) atoms. The number of benzene rings is 1. The number of anilines is 1. The lowest BCUT2D eigenvalue weighted by Crippen LogP contribution is -2.10. The van der Waals surface area contributed by atoms with Crippen LogP contribution in [0.1, 0.15) is 26.3 Å². The smallest absolute Gasteiger partial charge is 0.243 e. The van der Waals surface area contributed by atoms with Gasteiger partial charge >= 0.3 is 0 Å². The van der Waals surface area contributed by atoms with Crippen molar-refractivity contribution in [3.63, 3.8) is 0 Å². The average Bonchev–Trinajstić information content (AvgIpc) is 2.35. The van der Waals surface area contributed by atoms with Crippen LogP contribution in [-0.4, -0.2) is 9.97 Å². The fourth-order valence-electron chi connectivity index (χ4n) is 1.57. The van der Waals surface area contributed by atoms with Crippen LogP contribution in [0.2, 0.25) is 5.02 Å². The molecular formula is C14H16ClN3O. The zero-order chi connectivity index (χ0) is 14.0. The van der Waals surface area contributed by atoms with Gasteiger partial charge in [-0.3, -0.25) is 0 Å². The van der Waals surface area contributed by atoms with Crippen molar-refractivity contribution in [1.82, 2.24) is 9.97 Å². The second kappa shape index (κ2) is 5.05. The molecule has 0 amide bonds. The minimum atomic E-state index is 0.107. The van der Waals surface area contributed by atoms with E-state index in [4.69, 9.17) is 22.1 Å². The van der Waals surface area contributed by atoms with E-state index >= 15 is 0 Å². The van der Waals surface area contributed by atoms with Gasteiger partial charge in [-0.25, -0.2) is 4.98 Å². The van der Waals surface area contributed by atoms with Crippen molar-refractivity contribution < 1.29 is 4.74 Å². The average molecular weight is 278 g/mol. The van der Waals surface area contributed by atoms with E-state index in [1.807, 2.05) is 24.3 Å². The molecule has 2 rings (SSSR count). The van der Waals surface area contributed by atoms with Gasteiger partial charge in [0.2, 0.25) is 5.88 Å². The van der Waals surface area contributed by atoms with E-state index in [1.165, 1.54) is 11.9 Å². The highest BCUT2D eigenvalue weighted by Gasteiger charge is 2.14. The first-order valence-electron chi connectivity index (χ1n) is 5.92. The van der Waals surface area contributed by atoms with E-state index < -0.39 is 0 Å².